The molecule has 1 aromatic rings. The third-order valence-electron chi connectivity index (χ3n) is 4.07. The molecule has 1 heterocycles. The number of carbonyl (C=O) groups is 2. The van der Waals surface area contributed by atoms with E-state index < -0.39 is 0 Å². The van der Waals surface area contributed by atoms with Gasteiger partial charge in [0.15, 0.2) is 6.54 Å². The minimum absolute atomic E-state index is 0.0596. The lowest BCUT2D eigenvalue weighted by Gasteiger charge is -2.18. The van der Waals surface area contributed by atoms with Crippen LogP contribution in [0, 0.1) is 5.92 Å². The Labute approximate surface area is 141 Å². The van der Waals surface area contributed by atoms with Crippen molar-refractivity contribution in [3.8, 4) is 0 Å². The van der Waals surface area contributed by atoms with E-state index in [1.54, 1.807) is 18.3 Å². The van der Waals surface area contributed by atoms with Gasteiger partial charge in [0.2, 0.25) is 0 Å². The fourth-order valence-corrected chi connectivity index (χ4v) is 4.29. The summed E-state index contributed by atoms with van der Waals surface area (Å²) < 4.78 is 5.21. The molecule has 0 aromatic carbocycles. The molecule has 0 bridgehead atoms. The van der Waals surface area contributed by atoms with E-state index >= 15 is 0 Å². The van der Waals surface area contributed by atoms with E-state index in [-0.39, 0.29) is 11.9 Å². The van der Waals surface area contributed by atoms with E-state index in [4.69, 9.17) is 4.74 Å². The molecular formula is C17H27N2O3S+. The van der Waals surface area contributed by atoms with E-state index in [1.165, 1.54) is 4.88 Å². The van der Waals surface area contributed by atoms with Crippen molar-refractivity contribution >= 4 is 28.2 Å². The van der Waals surface area contributed by atoms with Gasteiger partial charge in [-0.3, -0.25) is 4.79 Å². The first-order valence-electron chi connectivity index (χ1n) is 8.49. The maximum atomic E-state index is 12.3. The minimum atomic E-state index is -0.313. The van der Waals surface area contributed by atoms with E-state index in [2.05, 4.69) is 19.2 Å². The first kappa shape index (κ1) is 17.9. The molecule has 1 aliphatic carbocycles. The van der Waals surface area contributed by atoms with Crippen LogP contribution in [-0.2, 0) is 22.4 Å². The molecule has 0 spiro atoms. The van der Waals surface area contributed by atoms with Gasteiger partial charge in [-0.15, -0.1) is 11.3 Å². The van der Waals surface area contributed by atoms with Gasteiger partial charge in [0.05, 0.1) is 18.7 Å². The SMILES string of the molecule is CCC[NH2+]CC(=O)Nc1sc2c(c1C(=O)OCC)CC[C@H](C)C2. The predicted octanol–water partition coefficient (Wildman–Crippen LogP) is 1.96. The fraction of sp³-hybridized carbons (Fsp3) is 0.647. The number of amides is 1. The number of nitrogens with one attached hydrogen (secondary N) is 1. The third kappa shape index (κ3) is 4.54. The van der Waals surface area contributed by atoms with Gasteiger partial charge in [-0.05, 0) is 44.1 Å². The topological polar surface area (TPSA) is 72.0 Å². The van der Waals surface area contributed by atoms with E-state index in [0.717, 1.165) is 37.8 Å². The zero-order valence-corrected chi connectivity index (χ0v) is 15.1. The number of anilines is 1. The molecule has 0 saturated carbocycles. The van der Waals surface area contributed by atoms with Gasteiger partial charge in [0.25, 0.3) is 5.91 Å². The average Bonchev–Trinajstić information content (AvgIpc) is 2.84. The summed E-state index contributed by atoms with van der Waals surface area (Å²) in [5.74, 6) is 0.251. The van der Waals surface area contributed by atoms with Crippen molar-refractivity contribution in [2.45, 2.75) is 46.5 Å². The van der Waals surface area contributed by atoms with E-state index in [9.17, 15) is 9.59 Å². The quantitative estimate of drug-likeness (QED) is 0.589. The van der Waals surface area contributed by atoms with Crippen molar-refractivity contribution in [3.63, 3.8) is 0 Å². The van der Waals surface area contributed by atoms with Gasteiger partial charge in [-0.25, -0.2) is 4.79 Å². The third-order valence-corrected chi connectivity index (χ3v) is 5.24. The molecule has 5 nitrogen and oxygen atoms in total. The number of ether oxygens (including phenoxy) is 1. The Morgan fingerprint density at radius 1 is 1.39 bits per heavy atom. The highest BCUT2D eigenvalue weighted by atomic mass is 32.1. The number of hydrogen-bond acceptors (Lipinski definition) is 4. The summed E-state index contributed by atoms with van der Waals surface area (Å²) in [6, 6.07) is 0. The smallest absolute Gasteiger partial charge is 0.341 e. The number of fused-ring (bicyclic) bond motifs is 1. The largest absolute Gasteiger partial charge is 0.462 e. The Bertz CT molecular complexity index is 568. The molecule has 1 atom stereocenters. The van der Waals surface area contributed by atoms with E-state index in [0.29, 0.717) is 29.6 Å². The summed E-state index contributed by atoms with van der Waals surface area (Å²) >= 11 is 1.54. The summed E-state index contributed by atoms with van der Waals surface area (Å²) in [6.07, 6.45) is 3.98. The van der Waals surface area contributed by atoms with Crippen LogP contribution in [0.2, 0.25) is 0 Å². The zero-order valence-electron chi connectivity index (χ0n) is 14.2. The number of nitrogens with two attached hydrogens (primary N) is 1. The maximum absolute atomic E-state index is 12.3. The molecule has 0 aliphatic heterocycles. The highest BCUT2D eigenvalue weighted by Crippen LogP contribution is 2.39. The molecule has 0 unspecified atom stereocenters. The molecule has 0 fully saturated rings. The van der Waals surface area contributed by atoms with Crippen LogP contribution in [0.4, 0.5) is 5.00 Å². The molecular weight excluding hydrogens is 312 g/mol. The Kier molecular flexibility index (Phi) is 6.59. The molecule has 128 valence electrons. The Hall–Kier alpha value is -1.40. The highest BCUT2D eigenvalue weighted by molar-refractivity contribution is 7.17. The lowest BCUT2D eigenvalue weighted by molar-refractivity contribution is -0.643. The van der Waals surface area contributed by atoms with Gasteiger partial charge in [-0.1, -0.05) is 13.8 Å². The number of thiophene rings is 1. The number of rotatable bonds is 7. The van der Waals surface area contributed by atoms with Gasteiger partial charge in [0, 0.05) is 4.88 Å². The fourth-order valence-electron chi connectivity index (χ4n) is 2.87. The maximum Gasteiger partial charge on any atom is 0.341 e. The van der Waals surface area contributed by atoms with Crippen molar-refractivity contribution in [2.75, 3.05) is 25.0 Å². The standard InChI is InChI=1S/C17H26N2O3S/c1-4-8-18-10-14(20)19-16-15(17(21)22-5-2)12-7-6-11(3)9-13(12)23-16/h11,18H,4-10H2,1-3H3,(H,19,20)/p+1/t11-/m0/s1. The summed E-state index contributed by atoms with van der Waals surface area (Å²) in [5, 5.41) is 5.57. The summed E-state index contributed by atoms with van der Waals surface area (Å²) in [4.78, 5) is 25.7. The predicted molar refractivity (Wildman–Crippen MR) is 92.0 cm³/mol. The normalized spacial score (nSPS) is 16.7. The van der Waals surface area contributed by atoms with Gasteiger partial charge >= 0.3 is 5.97 Å². The molecule has 1 aromatic heterocycles. The molecule has 23 heavy (non-hydrogen) atoms. The summed E-state index contributed by atoms with van der Waals surface area (Å²) in [5.41, 5.74) is 1.67. The molecule has 6 heteroatoms. The Morgan fingerprint density at radius 2 is 2.17 bits per heavy atom. The molecule has 0 saturated heterocycles. The van der Waals surface area contributed by atoms with Crippen molar-refractivity contribution in [2.24, 2.45) is 5.92 Å². The van der Waals surface area contributed by atoms with E-state index in [1.807, 2.05) is 5.32 Å². The Morgan fingerprint density at radius 3 is 2.87 bits per heavy atom. The highest BCUT2D eigenvalue weighted by Gasteiger charge is 2.29. The monoisotopic (exact) mass is 339 g/mol. The molecule has 0 radical (unpaired) electrons. The van der Waals surface area contributed by atoms with Crippen LogP contribution in [0.1, 0.15) is 54.4 Å². The van der Waals surface area contributed by atoms with Crippen LogP contribution in [0.25, 0.3) is 0 Å². The van der Waals surface area contributed by atoms with Crippen molar-refractivity contribution < 1.29 is 19.6 Å². The van der Waals surface area contributed by atoms with Crippen molar-refractivity contribution in [3.05, 3.63) is 16.0 Å². The van der Waals surface area contributed by atoms with Crippen molar-refractivity contribution in [1.29, 1.82) is 0 Å². The zero-order chi connectivity index (χ0) is 16.8. The second-order valence-electron chi connectivity index (χ2n) is 6.11. The second-order valence-corrected chi connectivity index (χ2v) is 7.21. The number of carbonyl (C=O) groups excluding carboxylic acids is 2. The first-order chi connectivity index (χ1) is 11.1. The van der Waals surface area contributed by atoms with Gasteiger partial charge < -0.3 is 15.4 Å². The number of esters is 1. The van der Waals surface area contributed by atoms with Crippen LogP contribution in [-0.4, -0.2) is 31.6 Å². The second kappa shape index (κ2) is 8.45. The summed E-state index contributed by atoms with van der Waals surface area (Å²) in [6.45, 7) is 7.77. The lowest BCUT2D eigenvalue weighted by Crippen LogP contribution is -2.86. The van der Waals surface area contributed by atoms with Gasteiger partial charge in [0.1, 0.15) is 5.00 Å². The number of hydrogen-bond donors (Lipinski definition) is 2. The molecule has 2 rings (SSSR count). The van der Waals surface area contributed by atoms with Crippen LogP contribution < -0.4 is 10.6 Å². The first-order valence-corrected chi connectivity index (χ1v) is 9.31. The van der Waals surface area contributed by atoms with Crippen LogP contribution in [0.15, 0.2) is 0 Å². The van der Waals surface area contributed by atoms with Gasteiger partial charge in [-0.2, -0.15) is 0 Å². The van der Waals surface area contributed by atoms with Crippen LogP contribution >= 0.6 is 11.3 Å². The Balaban J connectivity index is 2.20. The number of quaternary nitrogens is 1. The minimum Gasteiger partial charge on any atom is -0.462 e. The molecule has 3 N–H and O–H groups in total. The molecule has 1 aliphatic rings. The van der Waals surface area contributed by atoms with Crippen LogP contribution in [0.3, 0.4) is 0 Å². The summed E-state index contributed by atoms with van der Waals surface area (Å²) in [7, 11) is 0. The van der Waals surface area contributed by atoms with Crippen molar-refractivity contribution in [1.82, 2.24) is 0 Å². The molecule has 1 amide bonds. The lowest BCUT2D eigenvalue weighted by atomic mass is 9.88. The van der Waals surface area contributed by atoms with Crippen LogP contribution in [0.5, 0.6) is 0 Å². The average molecular weight is 339 g/mol.